The molecule has 2 N–H and O–H groups in total. The minimum absolute atomic E-state index is 0.168. The SMILES string of the molecule is NCC1c2ccc(Cl)c(Cl)c2CN1Cc1ccccn1. The second kappa shape index (κ2) is 5.70. The van der Waals surface area contributed by atoms with Gasteiger partial charge in [-0.25, -0.2) is 0 Å². The Morgan fingerprint density at radius 1 is 1.25 bits per heavy atom. The molecular weight excluding hydrogens is 293 g/mol. The van der Waals surface area contributed by atoms with Gasteiger partial charge in [0.2, 0.25) is 0 Å². The van der Waals surface area contributed by atoms with Gasteiger partial charge < -0.3 is 5.73 Å². The Morgan fingerprint density at radius 2 is 2.10 bits per heavy atom. The van der Waals surface area contributed by atoms with Gasteiger partial charge in [0.25, 0.3) is 0 Å². The van der Waals surface area contributed by atoms with Gasteiger partial charge in [0.15, 0.2) is 0 Å². The third kappa shape index (κ3) is 2.42. The number of hydrogen-bond acceptors (Lipinski definition) is 3. The molecule has 5 heteroatoms. The lowest BCUT2D eigenvalue weighted by atomic mass is 10.1. The number of fused-ring (bicyclic) bond motifs is 1. The minimum Gasteiger partial charge on any atom is -0.329 e. The first-order chi connectivity index (χ1) is 9.70. The molecular formula is C15H15Cl2N3. The highest BCUT2D eigenvalue weighted by Gasteiger charge is 2.31. The van der Waals surface area contributed by atoms with E-state index in [9.17, 15) is 0 Å². The number of halogens is 2. The Bertz CT molecular complexity index is 616. The third-order valence-electron chi connectivity index (χ3n) is 3.71. The van der Waals surface area contributed by atoms with Crippen LogP contribution in [0.25, 0.3) is 0 Å². The highest BCUT2D eigenvalue weighted by Crippen LogP contribution is 2.40. The summed E-state index contributed by atoms with van der Waals surface area (Å²) in [6, 6.07) is 9.97. The van der Waals surface area contributed by atoms with Crippen molar-refractivity contribution in [3.05, 3.63) is 63.4 Å². The average molecular weight is 308 g/mol. The molecule has 3 rings (SSSR count). The van der Waals surface area contributed by atoms with E-state index in [-0.39, 0.29) is 6.04 Å². The molecule has 0 fully saturated rings. The topological polar surface area (TPSA) is 42.1 Å². The van der Waals surface area contributed by atoms with Gasteiger partial charge >= 0.3 is 0 Å². The van der Waals surface area contributed by atoms with Crippen LogP contribution in [-0.2, 0) is 13.1 Å². The molecule has 1 aromatic heterocycles. The summed E-state index contributed by atoms with van der Waals surface area (Å²) < 4.78 is 0. The Hall–Kier alpha value is -1.13. The molecule has 0 spiro atoms. The normalized spacial score (nSPS) is 18.2. The summed E-state index contributed by atoms with van der Waals surface area (Å²) >= 11 is 12.4. The van der Waals surface area contributed by atoms with Crippen LogP contribution in [0.5, 0.6) is 0 Å². The Balaban J connectivity index is 1.90. The number of hydrogen-bond donors (Lipinski definition) is 1. The van der Waals surface area contributed by atoms with E-state index in [0.717, 1.165) is 24.3 Å². The van der Waals surface area contributed by atoms with Gasteiger partial charge in [-0.05, 0) is 29.3 Å². The smallest absolute Gasteiger partial charge is 0.0640 e. The van der Waals surface area contributed by atoms with Gasteiger partial charge in [0.05, 0.1) is 15.7 Å². The second-order valence-corrected chi connectivity index (χ2v) is 5.69. The summed E-state index contributed by atoms with van der Waals surface area (Å²) in [4.78, 5) is 6.66. The maximum atomic E-state index is 6.31. The zero-order chi connectivity index (χ0) is 14.1. The van der Waals surface area contributed by atoms with Crippen molar-refractivity contribution in [3.63, 3.8) is 0 Å². The average Bonchev–Trinajstić information content (AvgIpc) is 2.82. The lowest BCUT2D eigenvalue weighted by molar-refractivity contribution is 0.208. The highest BCUT2D eigenvalue weighted by molar-refractivity contribution is 6.42. The van der Waals surface area contributed by atoms with E-state index < -0.39 is 0 Å². The largest absolute Gasteiger partial charge is 0.329 e. The van der Waals surface area contributed by atoms with Gasteiger partial charge in [0.1, 0.15) is 0 Å². The van der Waals surface area contributed by atoms with Crippen molar-refractivity contribution in [3.8, 4) is 0 Å². The van der Waals surface area contributed by atoms with Crippen LogP contribution in [0.2, 0.25) is 10.0 Å². The van der Waals surface area contributed by atoms with Gasteiger partial charge in [-0.1, -0.05) is 35.3 Å². The maximum Gasteiger partial charge on any atom is 0.0640 e. The van der Waals surface area contributed by atoms with Crippen LogP contribution in [0.4, 0.5) is 0 Å². The van der Waals surface area contributed by atoms with Crippen LogP contribution in [0.15, 0.2) is 36.5 Å². The number of pyridine rings is 1. The fraction of sp³-hybridized carbons (Fsp3) is 0.267. The van der Waals surface area contributed by atoms with E-state index in [1.165, 1.54) is 5.56 Å². The fourth-order valence-corrected chi connectivity index (χ4v) is 3.14. The molecule has 0 amide bonds. The quantitative estimate of drug-likeness (QED) is 0.945. The molecule has 1 aliphatic rings. The van der Waals surface area contributed by atoms with Crippen molar-refractivity contribution in [1.82, 2.24) is 9.88 Å². The summed E-state index contributed by atoms with van der Waals surface area (Å²) in [6.07, 6.45) is 1.81. The van der Waals surface area contributed by atoms with E-state index in [1.807, 2.05) is 30.3 Å². The minimum atomic E-state index is 0.168. The number of rotatable bonds is 3. The summed E-state index contributed by atoms with van der Waals surface area (Å²) in [6.45, 7) is 2.07. The number of benzene rings is 1. The Kier molecular flexibility index (Phi) is 3.94. The monoisotopic (exact) mass is 307 g/mol. The lowest BCUT2D eigenvalue weighted by Crippen LogP contribution is -2.27. The molecule has 0 saturated heterocycles. The van der Waals surface area contributed by atoms with Gasteiger partial charge in [-0.2, -0.15) is 0 Å². The maximum absolute atomic E-state index is 6.31. The number of nitrogens with two attached hydrogens (primary N) is 1. The van der Waals surface area contributed by atoms with Crippen LogP contribution in [-0.4, -0.2) is 16.4 Å². The van der Waals surface area contributed by atoms with Gasteiger partial charge in [-0.3, -0.25) is 9.88 Å². The molecule has 1 atom stereocenters. The molecule has 1 aromatic carbocycles. The Morgan fingerprint density at radius 3 is 2.80 bits per heavy atom. The highest BCUT2D eigenvalue weighted by atomic mass is 35.5. The molecule has 0 aliphatic carbocycles. The Labute approximate surface area is 128 Å². The summed E-state index contributed by atoms with van der Waals surface area (Å²) in [5.74, 6) is 0. The van der Waals surface area contributed by atoms with Crippen molar-refractivity contribution in [2.24, 2.45) is 5.73 Å². The van der Waals surface area contributed by atoms with Gasteiger partial charge in [-0.15, -0.1) is 0 Å². The van der Waals surface area contributed by atoms with Crippen molar-refractivity contribution < 1.29 is 0 Å². The standard InChI is InChI=1S/C15H15Cl2N3/c16-13-5-4-11-12(15(13)17)9-20(14(11)7-18)8-10-3-1-2-6-19-10/h1-6,14H,7-9,18H2. The fourth-order valence-electron chi connectivity index (χ4n) is 2.73. The third-order valence-corrected chi connectivity index (χ3v) is 4.55. The first-order valence-corrected chi connectivity index (χ1v) is 7.27. The van der Waals surface area contributed by atoms with Crippen LogP contribution in [0.1, 0.15) is 22.9 Å². The molecule has 3 nitrogen and oxygen atoms in total. The van der Waals surface area contributed by atoms with Crippen LogP contribution < -0.4 is 5.73 Å². The van der Waals surface area contributed by atoms with E-state index in [4.69, 9.17) is 28.9 Å². The van der Waals surface area contributed by atoms with E-state index >= 15 is 0 Å². The zero-order valence-corrected chi connectivity index (χ0v) is 12.4. The molecule has 1 aliphatic heterocycles. The van der Waals surface area contributed by atoms with E-state index in [1.54, 1.807) is 6.20 Å². The first-order valence-electron chi connectivity index (χ1n) is 6.51. The molecule has 2 aromatic rings. The molecule has 104 valence electrons. The lowest BCUT2D eigenvalue weighted by Gasteiger charge is -2.23. The molecule has 0 radical (unpaired) electrons. The second-order valence-electron chi connectivity index (χ2n) is 4.91. The predicted octanol–water partition coefficient (Wildman–Crippen LogP) is 3.40. The molecule has 0 bridgehead atoms. The summed E-state index contributed by atoms with van der Waals surface area (Å²) in [7, 11) is 0. The predicted molar refractivity (Wildman–Crippen MR) is 81.7 cm³/mol. The van der Waals surface area contributed by atoms with E-state index in [2.05, 4.69) is 9.88 Å². The molecule has 1 unspecified atom stereocenters. The van der Waals surface area contributed by atoms with Crippen molar-refractivity contribution in [1.29, 1.82) is 0 Å². The van der Waals surface area contributed by atoms with Gasteiger partial charge in [0, 0.05) is 31.9 Å². The summed E-state index contributed by atoms with van der Waals surface area (Å²) in [5, 5.41) is 1.24. The van der Waals surface area contributed by atoms with Crippen molar-refractivity contribution >= 4 is 23.2 Å². The van der Waals surface area contributed by atoms with Crippen LogP contribution in [0, 0.1) is 0 Å². The van der Waals surface area contributed by atoms with E-state index in [0.29, 0.717) is 16.6 Å². The molecule has 2 heterocycles. The van der Waals surface area contributed by atoms with Crippen molar-refractivity contribution in [2.75, 3.05) is 6.54 Å². The number of aromatic nitrogens is 1. The van der Waals surface area contributed by atoms with Crippen LogP contribution >= 0.6 is 23.2 Å². The number of nitrogens with zero attached hydrogens (tertiary/aromatic N) is 2. The first kappa shape index (κ1) is 13.8. The van der Waals surface area contributed by atoms with Crippen molar-refractivity contribution in [2.45, 2.75) is 19.1 Å². The summed E-state index contributed by atoms with van der Waals surface area (Å²) in [5.41, 5.74) is 9.24. The zero-order valence-electron chi connectivity index (χ0n) is 10.9. The van der Waals surface area contributed by atoms with Crippen LogP contribution in [0.3, 0.4) is 0 Å². The molecule has 20 heavy (non-hydrogen) atoms. The molecule has 0 saturated carbocycles.